The van der Waals surface area contributed by atoms with Crippen LogP contribution in [0.2, 0.25) is 0 Å². The monoisotopic (exact) mass is 200 g/mol. The molecule has 2 atom stereocenters. The maximum atomic E-state index is 11.2. The van der Waals surface area contributed by atoms with E-state index in [0.29, 0.717) is 0 Å². The lowest BCUT2D eigenvalue weighted by Gasteiger charge is -2.10. The molecule has 1 aliphatic carbocycles. The molecule has 0 aliphatic heterocycles. The molecule has 1 rings (SSSR count). The molecule has 0 spiro atoms. The molecule has 78 valence electrons. The van der Waals surface area contributed by atoms with Crippen LogP contribution in [0.1, 0.15) is 6.42 Å². The molecule has 0 unspecified atom stereocenters. The zero-order chi connectivity index (χ0) is 10.7. The van der Waals surface area contributed by atoms with Gasteiger partial charge in [0.15, 0.2) is 0 Å². The highest BCUT2D eigenvalue weighted by atomic mass is 16.5. The number of rotatable bonds is 2. The van der Waals surface area contributed by atoms with E-state index in [9.17, 15) is 14.7 Å². The summed E-state index contributed by atoms with van der Waals surface area (Å²) in [6.45, 7) is 0. The van der Waals surface area contributed by atoms with Crippen molar-refractivity contribution < 1.29 is 24.2 Å². The van der Waals surface area contributed by atoms with E-state index >= 15 is 0 Å². The first kappa shape index (κ1) is 10.7. The van der Waals surface area contributed by atoms with Crippen molar-refractivity contribution in [1.82, 2.24) is 0 Å². The van der Waals surface area contributed by atoms with Gasteiger partial charge in [-0.25, -0.2) is 4.79 Å². The largest absolute Gasteiger partial charge is 0.469 e. The molecule has 1 aliphatic rings. The second-order valence-electron chi connectivity index (χ2n) is 2.99. The molecule has 0 heterocycles. The molecule has 5 nitrogen and oxygen atoms in total. The minimum absolute atomic E-state index is 0.173. The van der Waals surface area contributed by atoms with Gasteiger partial charge >= 0.3 is 11.9 Å². The van der Waals surface area contributed by atoms with Gasteiger partial charge in [-0.15, -0.1) is 0 Å². The summed E-state index contributed by atoms with van der Waals surface area (Å²) in [7, 11) is 2.46. The number of methoxy groups -OCH3 is 2. The van der Waals surface area contributed by atoms with Crippen molar-refractivity contribution in [2.24, 2.45) is 5.92 Å². The zero-order valence-corrected chi connectivity index (χ0v) is 8.02. The fourth-order valence-electron chi connectivity index (χ4n) is 1.45. The zero-order valence-electron chi connectivity index (χ0n) is 8.02. The first-order valence-electron chi connectivity index (χ1n) is 4.16. The highest BCUT2D eigenvalue weighted by Crippen LogP contribution is 2.27. The van der Waals surface area contributed by atoms with Crippen LogP contribution in [0.25, 0.3) is 0 Å². The van der Waals surface area contributed by atoms with E-state index in [0.717, 1.165) is 0 Å². The van der Waals surface area contributed by atoms with Crippen LogP contribution in [0.4, 0.5) is 0 Å². The Kier molecular flexibility index (Phi) is 3.24. The lowest BCUT2D eigenvalue weighted by molar-refractivity contribution is -0.147. The third kappa shape index (κ3) is 1.93. The molecule has 5 heteroatoms. The number of hydrogen-bond donors (Lipinski definition) is 1. The molecule has 0 saturated carbocycles. The minimum atomic E-state index is -0.784. The molecular formula is C9H12O5. The maximum absolute atomic E-state index is 11.2. The van der Waals surface area contributed by atoms with E-state index in [4.69, 9.17) is 0 Å². The summed E-state index contributed by atoms with van der Waals surface area (Å²) in [5.74, 6) is -1.84. The predicted octanol–water partition coefficient (Wildman–Crippen LogP) is -0.360. The Morgan fingerprint density at radius 2 is 2.07 bits per heavy atom. The lowest BCUT2D eigenvalue weighted by Crippen LogP contribution is -2.21. The number of aliphatic hydroxyl groups is 1. The highest BCUT2D eigenvalue weighted by molar-refractivity contribution is 5.96. The Labute approximate surface area is 81.3 Å². The van der Waals surface area contributed by atoms with Crippen molar-refractivity contribution in [2.45, 2.75) is 12.5 Å². The van der Waals surface area contributed by atoms with Crippen molar-refractivity contribution in [1.29, 1.82) is 0 Å². The van der Waals surface area contributed by atoms with Gasteiger partial charge in [0.1, 0.15) is 0 Å². The van der Waals surface area contributed by atoms with Gasteiger partial charge in [-0.05, 0) is 12.5 Å². The summed E-state index contributed by atoms with van der Waals surface area (Å²) >= 11 is 0. The summed E-state index contributed by atoms with van der Waals surface area (Å²) in [6, 6.07) is 0. The fraction of sp³-hybridized carbons (Fsp3) is 0.556. The number of carbonyl (C=O) groups excluding carboxylic acids is 2. The summed E-state index contributed by atoms with van der Waals surface area (Å²) in [5.41, 5.74) is 0.173. The van der Waals surface area contributed by atoms with Crippen LogP contribution in [0.3, 0.4) is 0 Å². The van der Waals surface area contributed by atoms with Crippen LogP contribution >= 0.6 is 0 Å². The molecule has 0 bridgehead atoms. The average Bonchev–Trinajstić information content (AvgIpc) is 2.58. The molecule has 0 radical (unpaired) electrons. The second-order valence-corrected chi connectivity index (χ2v) is 2.99. The van der Waals surface area contributed by atoms with E-state index < -0.39 is 24.0 Å². The normalized spacial score (nSPS) is 25.5. The van der Waals surface area contributed by atoms with Crippen LogP contribution in [0.15, 0.2) is 11.6 Å². The predicted molar refractivity (Wildman–Crippen MR) is 46.2 cm³/mol. The van der Waals surface area contributed by atoms with Gasteiger partial charge < -0.3 is 14.6 Å². The van der Waals surface area contributed by atoms with Crippen molar-refractivity contribution >= 4 is 11.9 Å². The van der Waals surface area contributed by atoms with Gasteiger partial charge in [0.2, 0.25) is 0 Å². The molecular weight excluding hydrogens is 188 g/mol. The third-order valence-electron chi connectivity index (χ3n) is 2.13. The van der Waals surface area contributed by atoms with Gasteiger partial charge in [-0.3, -0.25) is 4.79 Å². The van der Waals surface area contributed by atoms with Crippen molar-refractivity contribution in [3.05, 3.63) is 11.6 Å². The maximum Gasteiger partial charge on any atom is 0.334 e. The minimum Gasteiger partial charge on any atom is -0.469 e. The Morgan fingerprint density at radius 3 is 2.57 bits per heavy atom. The number of aliphatic hydroxyl groups excluding tert-OH is 1. The Balaban J connectivity index is 2.84. The van der Waals surface area contributed by atoms with E-state index in [1.807, 2.05) is 0 Å². The summed E-state index contributed by atoms with van der Waals surface area (Å²) < 4.78 is 8.99. The molecule has 0 fully saturated rings. The fourth-order valence-corrected chi connectivity index (χ4v) is 1.45. The number of esters is 2. The van der Waals surface area contributed by atoms with E-state index in [2.05, 4.69) is 9.47 Å². The van der Waals surface area contributed by atoms with E-state index in [1.54, 1.807) is 0 Å². The molecule has 0 aromatic rings. The second kappa shape index (κ2) is 4.23. The highest BCUT2D eigenvalue weighted by Gasteiger charge is 2.36. The van der Waals surface area contributed by atoms with Crippen LogP contribution in [-0.2, 0) is 19.1 Å². The topological polar surface area (TPSA) is 72.8 Å². The number of hydrogen-bond acceptors (Lipinski definition) is 5. The van der Waals surface area contributed by atoms with Crippen molar-refractivity contribution in [3.8, 4) is 0 Å². The summed E-state index contributed by atoms with van der Waals surface area (Å²) in [6.07, 6.45) is 0.720. The van der Waals surface area contributed by atoms with Crippen LogP contribution in [0, 0.1) is 5.92 Å². The molecule has 0 aromatic heterocycles. The lowest BCUT2D eigenvalue weighted by atomic mass is 10.0. The van der Waals surface area contributed by atoms with Crippen LogP contribution in [0.5, 0.6) is 0 Å². The van der Waals surface area contributed by atoms with E-state index in [-0.39, 0.29) is 12.0 Å². The third-order valence-corrected chi connectivity index (χ3v) is 2.13. The Hall–Kier alpha value is -1.36. The van der Waals surface area contributed by atoms with Crippen LogP contribution in [-0.4, -0.2) is 37.4 Å². The first-order chi connectivity index (χ1) is 6.60. The molecule has 0 aromatic carbocycles. The van der Waals surface area contributed by atoms with Crippen molar-refractivity contribution in [2.75, 3.05) is 14.2 Å². The van der Waals surface area contributed by atoms with Gasteiger partial charge in [-0.2, -0.15) is 0 Å². The van der Waals surface area contributed by atoms with Gasteiger partial charge in [0, 0.05) is 0 Å². The SMILES string of the molecule is COC(=O)C1=C[C@@H](O)C[C@H]1C(=O)OC. The average molecular weight is 200 g/mol. The molecule has 14 heavy (non-hydrogen) atoms. The standard InChI is InChI=1S/C9H12O5/c1-13-8(11)6-3-5(10)4-7(6)9(12)14-2/h3,5,7,10H,4H2,1-2H3/t5-,7-/m1/s1. The van der Waals surface area contributed by atoms with Gasteiger partial charge in [0.05, 0.1) is 31.8 Å². The van der Waals surface area contributed by atoms with Crippen LogP contribution < -0.4 is 0 Å². The molecule has 0 saturated heterocycles. The smallest absolute Gasteiger partial charge is 0.334 e. The Morgan fingerprint density at radius 1 is 1.43 bits per heavy atom. The first-order valence-corrected chi connectivity index (χ1v) is 4.16. The summed E-state index contributed by atoms with van der Waals surface area (Å²) in [5, 5.41) is 9.27. The quantitative estimate of drug-likeness (QED) is 0.616. The Bertz CT molecular complexity index is 281. The molecule has 1 N–H and O–H groups in total. The van der Waals surface area contributed by atoms with Gasteiger partial charge in [-0.1, -0.05) is 0 Å². The summed E-state index contributed by atoms with van der Waals surface area (Å²) in [4.78, 5) is 22.4. The molecule has 0 amide bonds. The van der Waals surface area contributed by atoms with E-state index in [1.165, 1.54) is 20.3 Å². The number of carbonyl (C=O) groups is 2. The van der Waals surface area contributed by atoms with Gasteiger partial charge in [0.25, 0.3) is 0 Å². The number of ether oxygens (including phenoxy) is 2. The van der Waals surface area contributed by atoms with Crippen molar-refractivity contribution in [3.63, 3.8) is 0 Å².